The molecule has 2 atom stereocenters. The highest BCUT2D eigenvalue weighted by Gasteiger charge is 2.35. The number of nitrogens with zero attached hydrogens (tertiary/aromatic N) is 1. The van der Waals surface area contributed by atoms with Gasteiger partial charge in [-0.25, -0.2) is 0 Å². The van der Waals surface area contributed by atoms with E-state index in [4.69, 9.17) is 0 Å². The number of rotatable bonds is 5. The molecular formula is C15H28N2O. The Hall–Kier alpha value is -0.570. The highest BCUT2D eigenvalue weighted by Crippen LogP contribution is 2.27. The topological polar surface area (TPSA) is 32.3 Å². The molecule has 0 radical (unpaired) electrons. The highest BCUT2D eigenvalue weighted by molar-refractivity contribution is 5.84. The van der Waals surface area contributed by atoms with Crippen LogP contribution in [-0.4, -0.2) is 29.6 Å². The summed E-state index contributed by atoms with van der Waals surface area (Å²) in [5.74, 6) is 1.20. The Morgan fingerprint density at radius 2 is 1.94 bits per heavy atom. The van der Waals surface area contributed by atoms with Gasteiger partial charge in [-0.3, -0.25) is 10.1 Å². The van der Waals surface area contributed by atoms with Gasteiger partial charge in [-0.2, -0.15) is 0 Å². The van der Waals surface area contributed by atoms with Crippen molar-refractivity contribution in [1.29, 1.82) is 0 Å². The van der Waals surface area contributed by atoms with E-state index in [0.29, 0.717) is 5.91 Å². The van der Waals surface area contributed by atoms with Crippen molar-refractivity contribution in [3.63, 3.8) is 0 Å². The molecule has 1 heterocycles. The molecule has 0 aromatic heterocycles. The Balaban J connectivity index is 1.79. The molecule has 104 valence electrons. The molecule has 1 aliphatic heterocycles. The zero-order valence-electron chi connectivity index (χ0n) is 12.0. The molecule has 0 aromatic rings. The summed E-state index contributed by atoms with van der Waals surface area (Å²) in [7, 11) is 0. The summed E-state index contributed by atoms with van der Waals surface area (Å²) in [5, 5.41) is 3.42. The average molecular weight is 252 g/mol. The van der Waals surface area contributed by atoms with E-state index in [1.54, 1.807) is 0 Å². The molecule has 1 aliphatic carbocycles. The van der Waals surface area contributed by atoms with Gasteiger partial charge in [0.15, 0.2) is 0 Å². The van der Waals surface area contributed by atoms with Gasteiger partial charge in [0.25, 0.3) is 0 Å². The van der Waals surface area contributed by atoms with Crippen molar-refractivity contribution in [2.75, 3.05) is 6.54 Å². The van der Waals surface area contributed by atoms with Crippen LogP contribution in [0.15, 0.2) is 0 Å². The van der Waals surface area contributed by atoms with Gasteiger partial charge >= 0.3 is 0 Å². The SMILES string of the molecule is CCCC1NC(C)N(CCC2CCCCC2)C1=O. The Morgan fingerprint density at radius 3 is 2.61 bits per heavy atom. The molecule has 18 heavy (non-hydrogen) atoms. The third kappa shape index (κ3) is 3.25. The second-order valence-electron chi connectivity index (χ2n) is 6.01. The minimum Gasteiger partial charge on any atom is -0.326 e. The molecule has 2 rings (SSSR count). The summed E-state index contributed by atoms with van der Waals surface area (Å²) >= 11 is 0. The van der Waals surface area contributed by atoms with Crippen LogP contribution in [0.3, 0.4) is 0 Å². The Kier molecular flexibility index (Phi) is 5.04. The lowest BCUT2D eigenvalue weighted by Crippen LogP contribution is -2.36. The Labute approximate surface area is 111 Å². The molecule has 3 nitrogen and oxygen atoms in total. The van der Waals surface area contributed by atoms with Crippen molar-refractivity contribution in [2.45, 2.75) is 77.4 Å². The van der Waals surface area contributed by atoms with E-state index in [1.165, 1.54) is 38.5 Å². The van der Waals surface area contributed by atoms with E-state index < -0.39 is 0 Å². The first kappa shape index (κ1) is 13.9. The van der Waals surface area contributed by atoms with Crippen molar-refractivity contribution in [3.05, 3.63) is 0 Å². The van der Waals surface area contributed by atoms with E-state index in [9.17, 15) is 4.79 Å². The number of hydrogen-bond acceptors (Lipinski definition) is 2. The Bertz CT molecular complexity index is 274. The molecule has 0 spiro atoms. The van der Waals surface area contributed by atoms with Gasteiger partial charge in [0.2, 0.25) is 5.91 Å². The minimum absolute atomic E-state index is 0.0800. The van der Waals surface area contributed by atoms with Crippen molar-refractivity contribution >= 4 is 5.91 Å². The minimum atomic E-state index is 0.0800. The summed E-state index contributed by atoms with van der Waals surface area (Å²) in [4.78, 5) is 14.3. The Morgan fingerprint density at radius 1 is 1.22 bits per heavy atom. The zero-order chi connectivity index (χ0) is 13.0. The average Bonchev–Trinajstić information content (AvgIpc) is 2.64. The monoisotopic (exact) mass is 252 g/mol. The summed E-state index contributed by atoms with van der Waals surface area (Å²) in [6.45, 7) is 5.22. The van der Waals surface area contributed by atoms with Gasteiger partial charge in [0.05, 0.1) is 12.2 Å². The first-order valence-corrected chi connectivity index (χ1v) is 7.79. The number of nitrogens with one attached hydrogen (secondary N) is 1. The lowest BCUT2D eigenvalue weighted by molar-refractivity contribution is -0.130. The molecule has 1 saturated heterocycles. The molecule has 2 fully saturated rings. The van der Waals surface area contributed by atoms with Crippen LogP contribution in [0.2, 0.25) is 0 Å². The van der Waals surface area contributed by atoms with Crippen LogP contribution in [0.1, 0.15) is 65.2 Å². The maximum atomic E-state index is 12.2. The van der Waals surface area contributed by atoms with Gasteiger partial charge in [0.1, 0.15) is 0 Å². The summed E-state index contributed by atoms with van der Waals surface area (Å²) < 4.78 is 0. The molecule has 0 bridgehead atoms. The predicted octanol–water partition coefficient (Wildman–Crippen LogP) is 2.90. The molecule has 1 amide bonds. The van der Waals surface area contributed by atoms with Crippen LogP contribution in [0.4, 0.5) is 0 Å². The lowest BCUT2D eigenvalue weighted by atomic mass is 9.87. The molecule has 3 heteroatoms. The van der Waals surface area contributed by atoms with E-state index >= 15 is 0 Å². The van der Waals surface area contributed by atoms with Crippen LogP contribution in [0.5, 0.6) is 0 Å². The molecule has 2 aliphatic rings. The second-order valence-corrected chi connectivity index (χ2v) is 6.01. The van der Waals surface area contributed by atoms with Gasteiger partial charge in [-0.05, 0) is 25.7 Å². The summed E-state index contributed by atoms with van der Waals surface area (Å²) in [5.41, 5.74) is 0. The predicted molar refractivity (Wildman–Crippen MR) is 74.2 cm³/mol. The molecular weight excluding hydrogens is 224 g/mol. The van der Waals surface area contributed by atoms with E-state index in [1.807, 2.05) is 0 Å². The van der Waals surface area contributed by atoms with Gasteiger partial charge in [-0.15, -0.1) is 0 Å². The van der Waals surface area contributed by atoms with Gasteiger partial charge < -0.3 is 4.90 Å². The second kappa shape index (κ2) is 6.55. The van der Waals surface area contributed by atoms with Crippen LogP contribution in [0.25, 0.3) is 0 Å². The van der Waals surface area contributed by atoms with Crippen molar-refractivity contribution in [3.8, 4) is 0 Å². The first-order chi connectivity index (χ1) is 8.72. The number of hydrogen-bond donors (Lipinski definition) is 1. The van der Waals surface area contributed by atoms with E-state index in [0.717, 1.165) is 25.3 Å². The van der Waals surface area contributed by atoms with Crippen molar-refractivity contribution < 1.29 is 4.79 Å². The number of amides is 1. The van der Waals surface area contributed by atoms with E-state index in [-0.39, 0.29) is 12.2 Å². The fourth-order valence-corrected chi connectivity index (χ4v) is 3.44. The van der Waals surface area contributed by atoms with Gasteiger partial charge in [-0.1, -0.05) is 45.4 Å². The maximum absolute atomic E-state index is 12.2. The normalized spacial score (nSPS) is 30.1. The van der Waals surface area contributed by atoms with Crippen LogP contribution in [0, 0.1) is 5.92 Å². The molecule has 1 N–H and O–H groups in total. The quantitative estimate of drug-likeness (QED) is 0.816. The fraction of sp³-hybridized carbons (Fsp3) is 0.933. The third-order valence-electron chi connectivity index (χ3n) is 4.57. The van der Waals surface area contributed by atoms with Crippen LogP contribution >= 0.6 is 0 Å². The van der Waals surface area contributed by atoms with Crippen molar-refractivity contribution in [2.24, 2.45) is 5.92 Å². The largest absolute Gasteiger partial charge is 0.326 e. The van der Waals surface area contributed by atoms with Crippen molar-refractivity contribution in [1.82, 2.24) is 10.2 Å². The smallest absolute Gasteiger partial charge is 0.241 e. The summed E-state index contributed by atoms with van der Waals surface area (Å²) in [6, 6.07) is 0.0800. The number of carbonyl (C=O) groups excluding carboxylic acids is 1. The van der Waals surface area contributed by atoms with E-state index in [2.05, 4.69) is 24.1 Å². The lowest BCUT2D eigenvalue weighted by Gasteiger charge is -2.26. The molecule has 1 saturated carbocycles. The standard InChI is InChI=1S/C15H28N2O/c1-3-7-14-15(18)17(12(2)16-14)11-10-13-8-5-4-6-9-13/h12-14,16H,3-11H2,1-2H3. The molecule has 2 unspecified atom stereocenters. The van der Waals surface area contributed by atoms with Crippen LogP contribution in [-0.2, 0) is 4.79 Å². The van der Waals surface area contributed by atoms with Gasteiger partial charge in [0, 0.05) is 6.54 Å². The first-order valence-electron chi connectivity index (χ1n) is 7.79. The van der Waals surface area contributed by atoms with Crippen LogP contribution < -0.4 is 5.32 Å². The zero-order valence-corrected chi connectivity index (χ0v) is 12.0. The summed E-state index contributed by atoms with van der Waals surface area (Å²) in [6.07, 6.45) is 10.4. The highest BCUT2D eigenvalue weighted by atomic mass is 16.2. The number of carbonyl (C=O) groups is 1. The molecule has 0 aromatic carbocycles. The third-order valence-corrected chi connectivity index (χ3v) is 4.57. The maximum Gasteiger partial charge on any atom is 0.241 e. The fourth-order valence-electron chi connectivity index (χ4n) is 3.44.